The maximum atomic E-state index is 5.74. The largest absolute Gasteiger partial charge is 0.497 e. The molecule has 0 aliphatic rings. The maximum absolute atomic E-state index is 5.74. The van der Waals surface area contributed by atoms with E-state index in [9.17, 15) is 0 Å². The van der Waals surface area contributed by atoms with Crippen molar-refractivity contribution in [1.82, 2.24) is 4.98 Å². The van der Waals surface area contributed by atoms with E-state index >= 15 is 0 Å². The fourth-order valence-electron chi connectivity index (χ4n) is 1.67. The highest BCUT2D eigenvalue weighted by Gasteiger charge is 2.06. The van der Waals surface area contributed by atoms with Crippen LogP contribution in [0.25, 0.3) is 0 Å². The molecule has 1 aromatic heterocycles. The van der Waals surface area contributed by atoms with Crippen LogP contribution in [0, 0.1) is 6.92 Å². The Morgan fingerprint density at radius 1 is 1.16 bits per heavy atom. The number of hydrogen-bond donors (Lipinski definition) is 2. The van der Waals surface area contributed by atoms with E-state index in [0.29, 0.717) is 11.4 Å². The highest BCUT2D eigenvalue weighted by molar-refractivity contribution is 5.67. The quantitative estimate of drug-likeness (QED) is 0.883. The van der Waals surface area contributed by atoms with Crippen molar-refractivity contribution >= 4 is 17.2 Å². The lowest BCUT2D eigenvalue weighted by Gasteiger charge is -2.12. The summed E-state index contributed by atoms with van der Waals surface area (Å²) in [5.41, 5.74) is 8.21. The first-order valence-corrected chi connectivity index (χ1v) is 5.85. The standard InChI is InChI=1S/C14H17N3O2/c1-9-6-14(16-8-11(9)15)17-12-5-4-10(18-2)7-13(12)19-3/h4-8H,15H2,1-3H3,(H,16,17). The van der Waals surface area contributed by atoms with Gasteiger partial charge in [-0.3, -0.25) is 0 Å². The number of nitrogens with one attached hydrogen (secondary N) is 1. The smallest absolute Gasteiger partial charge is 0.146 e. The molecule has 100 valence electrons. The minimum absolute atomic E-state index is 0.673. The Labute approximate surface area is 112 Å². The molecule has 19 heavy (non-hydrogen) atoms. The average Bonchev–Trinajstić information content (AvgIpc) is 2.43. The first kappa shape index (κ1) is 13.0. The van der Waals surface area contributed by atoms with Crippen molar-refractivity contribution in [3.63, 3.8) is 0 Å². The maximum Gasteiger partial charge on any atom is 0.146 e. The number of rotatable bonds is 4. The van der Waals surface area contributed by atoms with Crippen molar-refractivity contribution in [1.29, 1.82) is 0 Å². The van der Waals surface area contributed by atoms with Gasteiger partial charge in [-0.05, 0) is 30.7 Å². The molecule has 0 spiro atoms. The number of ether oxygens (including phenoxy) is 2. The van der Waals surface area contributed by atoms with E-state index in [-0.39, 0.29) is 0 Å². The van der Waals surface area contributed by atoms with Crippen LogP contribution in [0.4, 0.5) is 17.2 Å². The van der Waals surface area contributed by atoms with E-state index < -0.39 is 0 Å². The molecule has 0 saturated carbocycles. The lowest BCUT2D eigenvalue weighted by molar-refractivity contribution is 0.395. The summed E-state index contributed by atoms with van der Waals surface area (Å²) in [5.74, 6) is 2.15. The third kappa shape index (κ3) is 2.88. The number of pyridine rings is 1. The van der Waals surface area contributed by atoms with E-state index in [1.54, 1.807) is 20.4 Å². The number of benzene rings is 1. The molecule has 1 heterocycles. The molecule has 0 aliphatic heterocycles. The summed E-state index contributed by atoms with van der Waals surface area (Å²) in [7, 11) is 3.23. The number of methoxy groups -OCH3 is 2. The number of nitrogens with zero attached hydrogens (tertiary/aromatic N) is 1. The molecule has 1 aromatic carbocycles. The van der Waals surface area contributed by atoms with Crippen LogP contribution in [0.3, 0.4) is 0 Å². The lowest BCUT2D eigenvalue weighted by atomic mass is 10.2. The molecule has 5 nitrogen and oxygen atoms in total. The highest BCUT2D eigenvalue weighted by Crippen LogP contribution is 2.31. The van der Waals surface area contributed by atoms with Crippen LogP contribution in [-0.4, -0.2) is 19.2 Å². The van der Waals surface area contributed by atoms with Crippen LogP contribution in [0.2, 0.25) is 0 Å². The number of nitrogen functional groups attached to an aromatic ring is 1. The van der Waals surface area contributed by atoms with Crippen molar-refractivity contribution in [3.05, 3.63) is 36.0 Å². The Balaban J connectivity index is 2.29. The number of nitrogens with two attached hydrogens (primary N) is 1. The summed E-state index contributed by atoms with van der Waals surface area (Å²) in [6, 6.07) is 7.44. The summed E-state index contributed by atoms with van der Waals surface area (Å²) >= 11 is 0. The van der Waals surface area contributed by atoms with E-state index in [2.05, 4.69) is 10.3 Å². The van der Waals surface area contributed by atoms with Crippen molar-refractivity contribution in [2.75, 3.05) is 25.3 Å². The van der Waals surface area contributed by atoms with E-state index in [0.717, 1.165) is 22.8 Å². The topological polar surface area (TPSA) is 69.4 Å². The predicted octanol–water partition coefficient (Wildman–Crippen LogP) is 2.73. The molecular formula is C14H17N3O2. The second-order valence-corrected chi connectivity index (χ2v) is 4.12. The van der Waals surface area contributed by atoms with Gasteiger partial charge in [-0.1, -0.05) is 0 Å². The number of anilines is 3. The molecule has 2 aromatic rings. The first-order chi connectivity index (χ1) is 9.13. The van der Waals surface area contributed by atoms with Gasteiger partial charge in [0.25, 0.3) is 0 Å². The number of hydrogen-bond acceptors (Lipinski definition) is 5. The normalized spacial score (nSPS) is 10.1. The minimum Gasteiger partial charge on any atom is -0.497 e. The third-order valence-electron chi connectivity index (χ3n) is 2.82. The van der Waals surface area contributed by atoms with Crippen molar-refractivity contribution in [3.8, 4) is 11.5 Å². The summed E-state index contributed by atoms with van der Waals surface area (Å²) in [4.78, 5) is 4.23. The summed E-state index contributed by atoms with van der Waals surface area (Å²) < 4.78 is 10.5. The SMILES string of the molecule is COc1ccc(Nc2cc(C)c(N)cn2)c(OC)c1. The zero-order valence-electron chi connectivity index (χ0n) is 11.2. The summed E-state index contributed by atoms with van der Waals surface area (Å²) in [6.07, 6.45) is 1.63. The van der Waals surface area contributed by atoms with Gasteiger partial charge in [0.1, 0.15) is 17.3 Å². The van der Waals surface area contributed by atoms with Gasteiger partial charge in [0.15, 0.2) is 0 Å². The van der Waals surface area contributed by atoms with Crippen molar-refractivity contribution < 1.29 is 9.47 Å². The molecule has 0 unspecified atom stereocenters. The Morgan fingerprint density at radius 2 is 1.95 bits per heavy atom. The molecule has 0 amide bonds. The van der Waals surface area contributed by atoms with Crippen LogP contribution >= 0.6 is 0 Å². The van der Waals surface area contributed by atoms with Gasteiger partial charge in [-0.25, -0.2) is 4.98 Å². The molecular weight excluding hydrogens is 242 g/mol. The van der Waals surface area contributed by atoms with E-state index in [4.69, 9.17) is 15.2 Å². The molecule has 2 rings (SSSR count). The van der Waals surface area contributed by atoms with Crippen LogP contribution in [-0.2, 0) is 0 Å². The second-order valence-electron chi connectivity index (χ2n) is 4.12. The first-order valence-electron chi connectivity index (χ1n) is 5.85. The molecule has 3 N–H and O–H groups in total. The zero-order chi connectivity index (χ0) is 13.8. The summed E-state index contributed by atoms with van der Waals surface area (Å²) in [5, 5.41) is 3.20. The van der Waals surface area contributed by atoms with Crippen LogP contribution in [0.15, 0.2) is 30.5 Å². The summed E-state index contributed by atoms with van der Waals surface area (Å²) in [6.45, 7) is 1.94. The van der Waals surface area contributed by atoms with Crippen molar-refractivity contribution in [2.45, 2.75) is 6.92 Å². The Hall–Kier alpha value is -2.43. The second kappa shape index (κ2) is 5.48. The third-order valence-corrected chi connectivity index (χ3v) is 2.82. The molecule has 0 bridgehead atoms. The fourth-order valence-corrected chi connectivity index (χ4v) is 1.67. The lowest BCUT2D eigenvalue weighted by Crippen LogP contribution is -1.99. The number of aryl methyl sites for hydroxylation is 1. The molecule has 0 radical (unpaired) electrons. The van der Waals surface area contributed by atoms with Gasteiger partial charge in [0.2, 0.25) is 0 Å². The zero-order valence-corrected chi connectivity index (χ0v) is 11.2. The van der Waals surface area contributed by atoms with Gasteiger partial charge in [-0.2, -0.15) is 0 Å². The Kier molecular flexibility index (Phi) is 3.75. The monoisotopic (exact) mass is 259 g/mol. The van der Waals surface area contributed by atoms with Gasteiger partial charge < -0.3 is 20.5 Å². The van der Waals surface area contributed by atoms with Gasteiger partial charge >= 0.3 is 0 Å². The molecule has 0 atom stereocenters. The highest BCUT2D eigenvalue weighted by atomic mass is 16.5. The fraction of sp³-hybridized carbons (Fsp3) is 0.214. The molecule has 0 saturated heterocycles. The molecule has 5 heteroatoms. The minimum atomic E-state index is 0.673. The van der Waals surface area contributed by atoms with Crippen LogP contribution in [0.5, 0.6) is 11.5 Å². The Morgan fingerprint density at radius 3 is 2.58 bits per heavy atom. The number of aromatic nitrogens is 1. The van der Waals surface area contributed by atoms with Crippen LogP contribution in [0.1, 0.15) is 5.56 Å². The van der Waals surface area contributed by atoms with Gasteiger partial charge in [0, 0.05) is 6.07 Å². The Bertz CT molecular complexity index is 585. The predicted molar refractivity (Wildman–Crippen MR) is 76.2 cm³/mol. The van der Waals surface area contributed by atoms with E-state index in [1.165, 1.54) is 0 Å². The van der Waals surface area contributed by atoms with E-state index in [1.807, 2.05) is 31.2 Å². The average molecular weight is 259 g/mol. The van der Waals surface area contributed by atoms with Gasteiger partial charge in [-0.15, -0.1) is 0 Å². The van der Waals surface area contributed by atoms with Crippen LogP contribution < -0.4 is 20.5 Å². The molecule has 0 aliphatic carbocycles. The molecule has 0 fully saturated rings. The van der Waals surface area contributed by atoms with Gasteiger partial charge in [0.05, 0.1) is 31.8 Å². The van der Waals surface area contributed by atoms with Crippen molar-refractivity contribution in [2.24, 2.45) is 0 Å².